The zero-order valence-electron chi connectivity index (χ0n) is 13.3. The molecule has 0 bridgehead atoms. The molecular weight excluding hydrogens is 339 g/mol. The first-order valence-corrected chi connectivity index (χ1v) is 8.19. The summed E-state index contributed by atoms with van der Waals surface area (Å²) in [5.74, 6) is -0.725. The summed E-state index contributed by atoms with van der Waals surface area (Å²) >= 11 is 6.12. The lowest BCUT2D eigenvalue weighted by Crippen LogP contribution is -2.11. The monoisotopic (exact) mass is 354 g/mol. The topological polar surface area (TPSA) is 45.5 Å². The molecule has 0 aliphatic rings. The molecule has 126 valence electrons. The molecule has 2 aromatic carbocycles. The van der Waals surface area contributed by atoms with Crippen LogP contribution in [0.25, 0.3) is 0 Å². The van der Waals surface area contributed by atoms with E-state index in [-0.39, 0.29) is 10.9 Å². The number of hydrogen-bond donors (Lipinski definition) is 1. The minimum absolute atomic E-state index is 0.0550. The second-order valence-electron chi connectivity index (χ2n) is 5.61. The van der Waals surface area contributed by atoms with E-state index in [0.29, 0.717) is 17.7 Å². The molecule has 1 aromatic heterocycles. The molecule has 0 aliphatic heterocycles. The summed E-state index contributed by atoms with van der Waals surface area (Å²) in [5, 5.41) is 13.2. The van der Waals surface area contributed by atoms with Crippen LogP contribution in [0.1, 0.15) is 29.0 Å². The number of rotatable bonds is 5. The van der Waals surface area contributed by atoms with Gasteiger partial charge < -0.3 is 5.21 Å². The lowest BCUT2D eigenvalue weighted by molar-refractivity contribution is 0.317. The minimum Gasteiger partial charge on any atom is -0.411 e. The van der Waals surface area contributed by atoms with Crippen LogP contribution in [0.4, 0.5) is 4.39 Å². The molecule has 0 fully saturated rings. The Labute approximate surface area is 150 Å². The Morgan fingerprint density at radius 2 is 1.60 bits per heavy atom. The Morgan fingerprint density at radius 1 is 1.04 bits per heavy atom. The lowest BCUT2D eigenvalue weighted by Gasteiger charge is -2.19. The largest absolute Gasteiger partial charge is 0.411 e. The molecule has 0 atom stereocenters. The van der Waals surface area contributed by atoms with Gasteiger partial charge in [-0.1, -0.05) is 77.4 Å². The van der Waals surface area contributed by atoms with E-state index in [0.717, 1.165) is 11.1 Å². The van der Waals surface area contributed by atoms with Gasteiger partial charge in [0.1, 0.15) is 0 Å². The standard InChI is InChI=1S/C20H16ClFN2O/c21-18-13-23-20(22)12-17(18)19(24-25)11-16(14-7-3-1-4-8-14)15-9-5-2-6-10-15/h1-10,12-13,16,25H,11H2/b24-19+. The number of halogens is 2. The number of pyridine rings is 1. The van der Waals surface area contributed by atoms with Gasteiger partial charge in [0.25, 0.3) is 0 Å². The van der Waals surface area contributed by atoms with Crippen molar-refractivity contribution < 1.29 is 9.60 Å². The Morgan fingerprint density at radius 3 is 2.12 bits per heavy atom. The zero-order chi connectivity index (χ0) is 17.6. The van der Waals surface area contributed by atoms with Gasteiger partial charge in [-0.15, -0.1) is 0 Å². The van der Waals surface area contributed by atoms with E-state index in [1.165, 1.54) is 12.3 Å². The van der Waals surface area contributed by atoms with E-state index in [2.05, 4.69) is 10.1 Å². The highest BCUT2D eigenvalue weighted by atomic mass is 35.5. The Hall–Kier alpha value is -2.72. The summed E-state index contributed by atoms with van der Waals surface area (Å²) in [5.41, 5.74) is 2.79. The number of oxime groups is 1. The first-order chi connectivity index (χ1) is 12.2. The Balaban J connectivity index is 2.01. The van der Waals surface area contributed by atoms with Gasteiger partial charge in [-0.3, -0.25) is 0 Å². The number of aromatic nitrogens is 1. The highest BCUT2D eigenvalue weighted by Gasteiger charge is 2.20. The molecule has 3 rings (SSSR count). The normalized spacial score (nSPS) is 11.7. The Kier molecular flexibility index (Phi) is 5.41. The fourth-order valence-electron chi connectivity index (χ4n) is 2.83. The van der Waals surface area contributed by atoms with Crippen molar-refractivity contribution in [1.82, 2.24) is 4.98 Å². The van der Waals surface area contributed by atoms with Gasteiger partial charge in [0, 0.05) is 30.2 Å². The number of benzene rings is 2. The molecular formula is C20H16ClFN2O. The first kappa shape index (κ1) is 17.1. The van der Waals surface area contributed by atoms with E-state index in [1.54, 1.807) is 0 Å². The molecule has 3 nitrogen and oxygen atoms in total. The molecule has 1 heterocycles. The van der Waals surface area contributed by atoms with Crippen molar-refractivity contribution >= 4 is 17.3 Å². The van der Waals surface area contributed by atoms with Gasteiger partial charge >= 0.3 is 0 Å². The van der Waals surface area contributed by atoms with Crippen molar-refractivity contribution in [2.45, 2.75) is 12.3 Å². The van der Waals surface area contributed by atoms with Crippen molar-refractivity contribution in [2.24, 2.45) is 5.16 Å². The summed E-state index contributed by atoms with van der Waals surface area (Å²) in [6.07, 6.45) is 1.59. The third-order valence-electron chi connectivity index (χ3n) is 4.05. The molecule has 0 unspecified atom stereocenters. The van der Waals surface area contributed by atoms with Gasteiger partial charge in [-0.05, 0) is 11.1 Å². The fraction of sp³-hybridized carbons (Fsp3) is 0.100. The summed E-state index contributed by atoms with van der Waals surface area (Å²) in [6, 6.07) is 21.0. The molecule has 0 amide bonds. The summed E-state index contributed by atoms with van der Waals surface area (Å²) < 4.78 is 13.5. The smallest absolute Gasteiger partial charge is 0.213 e. The van der Waals surface area contributed by atoms with E-state index >= 15 is 0 Å². The van der Waals surface area contributed by atoms with E-state index < -0.39 is 5.95 Å². The second-order valence-corrected chi connectivity index (χ2v) is 6.02. The maximum atomic E-state index is 13.5. The number of hydrogen-bond acceptors (Lipinski definition) is 3. The Bertz CT molecular complexity index is 830. The van der Waals surface area contributed by atoms with Gasteiger partial charge in [0.15, 0.2) is 0 Å². The van der Waals surface area contributed by atoms with Crippen LogP contribution in [-0.2, 0) is 0 Å². The average Bonchev–Trinajstić information content (AvgIpc) is 2.66. The van der Waals surface area contributed by atoms with Crippen molar-refractivity contribution in [3.8, 4) is 0 Å². The summed E-state index contributed by atoms with van der Waals surface area (Å²) in [7, 11) is 0. The zero-order valence-corrected chi connectivity index (χ0v) is 14.1. The van der Waals surface area contributed by atoms with Crippen LogP contribution in [0.2, 0.25) is 5.02 Å². The quantitative estimate of drug-likeness (QED) is 0.293. The lowest BCUT2D eigenvalue weighted by atomic mass is 9.85. The SMILES string of the molecule is O/N=C(\CC(c1ccccc1)c1ccccc1)c1cc(F)ncc1Cl. The maximum Gasteiger partial charge on any atom is 0.213 e. The second kappa shape index (κ2) is 7.90. The molecule has 0 radical (unpaired) electrons. The molecule has 5 heteroatoms. The highest BCUT2D eigenvalue weighted by Crippen LogP contribution is 2.31. The van der Waals surface area contributed by atoms with E-state index in [4.69, 9.17) is 11.6 Å². The average molecular weight is 355 g/mol. The predicted octanol–water partition coefficient (Wildman–Crippen LogP) is 5.27. The van der Waals surface area contributed by atoms with Crippen LogP contribution >= 0.6 is 11.6 Å². The van der Waals surface area contributed by atoms with Crippen molar-refractivity contribution in [3.63, 3.8) is 0 Å². The first-order valence-electron chi connectivity index (χ1n) is 7.81. The third kappa shape index (κ3) is 4.03. The van der Waals surface area contributed by atoms with Crippen LogP contribution in [0.15, 0.2) is 78.1 Å². The fourth-order valence-corrected chi connectivity index (χ4v) is 3.04. The van der Waals surface area contributed by atoms with Crippen LogP contribution < -0.4 is 0 Å². The van der Waals surface area contributed by atoms with Crippen molar-refractivity contribution in [3.05, 3.63) is 101 Å². The summed E-state index contributed by atoms with van der Waals surface area (Å²) in [6.45, 7) is 0. The van der Waals surface area contributed by atoms with Crippen LogP contribution in [0.3, 0.4) is 0 Å². The van der Waals surface area contributed by atoms with E-state index in [1.807, 2.05) is 60.7 Å². The van der Waals surface area contributed by atoms with Gasteiger partial charge in [0.2, 0.25) is 5.95 Å². The molecule has 3 aromatic rings. The molecule has 0 saturated heterocycles. The summed E-state index contributed by atoms with van der Waals surface area (Å²) in [4.78, 5) is 3.52. The van der Waals surface area contributed by atoms with E-state index in [9.17, 15) is 9.60 Å². The molecule has 0 saturated carbocycles. The highest BCUT2D eigenvalue weighted by molar-refractivity contribution is 6.34. The molecule has 0 spiro atoms. The van der Waals surface area contributed by atoms with Gasteiger partial charge in [-0.25, -0.2) is 4.98 Å². The third-order valence-corrected chi connectivity index (χ3v) is 4.36. The number of nitrogens with zero attached hydrogens (tertiary/aromatic N) is 2. The van der Waals surface area contributed by atoms with Crippen molar-refractivity contribution in [2.75, 3.05) is 0 Å². The van der Waals surface area contributed by atoms with Crippen molar-refractivity contribution in [1.29, 1.82) is 0 Å². The maximum absolute atomic E-state index is 13.5. The predicted molar refractivity (Wildman–Crippen MR) is 96.9 cm³/mol. The van der Waals surface area contributed by atoms with Gasteiger partial charge in [0.05, 0.1) is 10.7 Å². The van der Waals surface area contributed by atoms with Crippen LogP contribution in [0.5, 0.6) is 0 Å². The van der Waals surface area contributed by atoms with Crippen LogP contribution in [-0.4, -0.2) is 15.9 Å². The molecule has 1 N–H and O–H groups in total. The molecule has 25 heavy (non-hydrogen) atoms. The molecule has 0 aliphatic carbocycles. The van der Waals surface area contributed by atoms with Gasteiger partial charge in [-0.2, -0.15) is 4.39 Å². The minimum atomic E-state index is -0.670. The van der Waals surface area contributed by atoms with Crippen LogP contribution in [0, 0.1) is 5.95 Å².